The topological polar surface area (TPSA) is 89.0 Å². The third-order valence-corrected chi connectivity index (χ3v) is 3.96. The van der Waals surface area contributed by atoms with Gasteiger partial charge in [-0.25, -0.2) is 8.42 Å². The van der Waals surface area contributed by atoms with Gasteiger partial charge in [0.2, 0.25) is 0 Å². The lowest BCUT2D eigenvalue weighted by atomic mass is 10.2. The fourth-order valence-electron chi connectivity index (χ4n) is 1.88. The first-order chi connectivity index (χ1) is 10.9. The van der Waals surface area contributed by atoms with E-state index >= 15 is 0 Å². The highest BCUT2D eigenvalue weighted by atomic mass is 32.2. The van der Waals surface area contributed by atoms with Gasteiger partial charge >= 0.3 is 0 Å². The van der Waals surface area contributed by atoms with E-state index in [1.807, 2.05) is 25.1 Å². The number of nitrogens with one attached hydrogen (secondary N) is 2. The van der Waals surface area contributed by atoms with Crippen LogP contribution in [0.4, 0.5) is 5.69 Å². The van der Waals surface area contributed by atoms with Crippen molar-refractivity contribution in [3.63, 3.8) is 0 Å². The molecule has 23 heavy (non-hydrogen) atoms. The summed E-state index contributed by atoms with van der Waals surface area (Å²) in [5.41, 5.74) is 0.793. The predicted molar refractivity (Wildman–Crippen MR) is 93.5 cm³/mol. The van der Waals surface area contributed by atoms with Crippen molar-refractivity contribution in [2.45, 2.75) is 13.3 Å². The summed E-state index contributed by atoms with van der Waals surface area (Å²) in [4.78, 5) is 4.10. The number of benzene rings is 1. The zero-order valence-corrected chi connectivity index (χ0v) is 14.9. The van der Waals surface area contributed by atoms with Crippen LogP contribution in [-0.4, -0.2) is 53.7 Å². The first kappa shape index (κ1) is 19.1. The number of aliphatic imine (C=N–C) groups is 1. The summed E-state index contributed by atoms with van der Waals surface area (Å²) < 4.78 is 33.0. The smallest absolute Gasteiger partial charge is 0.195 e. The van der Waals surface area contributed by atoms with Crippen LogP contribution in [0.15, 0.2) is 23.2 Å². The molecule has 0 bridgehead atoms. The summed E-state index contributed by atoms with van der Waals surface area (Å²) in [5, 5.41) is 6.19. The molecular formula is C15H25N3O4S. The van der Waals surface area contributed by atoms with Crippen molar-refractivity contribution in [1.82, 2.24) is 5.32 Å². The summed E-state index contributed by atoms with van der Waals surface area (Å²) in [6, 6.07) is 5.49. The monoisotopic (exact) mass is 343 g/mol. The molecule has 0 spiro atoms. The largest absolute Gasteiger partial charge is 0.493 e. The normalized spacial score (nSPS) is 11.9. The van der Waals surface area contributed by atoms with Gasteiger partial charge in [0, 0.05) is 31.6 Å². The highest BCUT2D eigenvalue weighted by Gasteiger charge is 2.07. The van der Waals surface area contributed by atoms with Gasteiger partial charge in [-0.05, 0) is 25.5 Å². The standard InChI is InChI=1S/C15H25N3O4S/c1-5-22-13-8-7-12(11-14(13)21-3)18-15(16-2)17-9-6-10-23(4,19)20/h7-8,11H,5-6,9-10H2,1-4H3,(H2,16,17,18). The maximum atomic E-state index is 11.1. The number of rotatable bonds is 8. The minimum absolute atomic E-state index is 0.147. The van der Waals surface area contributed by atoms with Crippen LogP contribution in [0.25, 0.3) is 0 Å². The van der Waals surface area contributed by atoms with Gasteiger partial charge in [-0.1, -0.05) is 0 Å². The lowest BCUT2D eigenvalue weighted by Crippen LogP contribution is -2.32. The molecule has 8 heteroatoms. The van der Waals surface area contributed by atoms with E-state index in [0.717, 1.165) is 5.69 Å². The number of anilines is 1. The van der Waals surface area contributed by atoms with E-state index in [0.29, 0.717) is 37.0 Å². The second-order valence-corrected chi connectivity index (χ2v) is 7.17. The molecule has 1 rings (SSSR count). The zero-order valence-electron chi connectivity index (χ0n) is 14.0. The number of sulfone groups is 1. The molecule has 0 aliphatic rings. The van der Waals surface area contributed by atoms with Gasteiger partial charge in [-0.3, -0.25) is 4.99 Å². The lowest BCUT2D eigenvalue weighted by Gasteiger charge is -2.14. The van der Waals surface area contributed by atoms with E-state index in [9.17, 15) is 8.42 Å². The van der Waals surface area contributed by atoms with Crippen LogP contribution in [0.3, 0.4) is 0 Å². The molecule has 0 aromatic heterocycles. The lowest BCUT2D eigenvalue weighted by molar-refractivity contribution is 0.311. The zero-order chi connectivity index (χ0) is 17.3. The van der Waals surface area contributed by atoms with E-state index in [1.54, 1.807) is 14.2 Å². The molecule has 0 heterocycles. The molecule has 0 saturated heterocycles. The molecule has 0 unspecified atom stereocenters. The molecule has 0 aliphatic heterocycles. The molecule has 1 aromatic carbocycles. The van der Waals surface area contributed by atoms with Crippen molar-refractivity contribution < 1.29 is 17.9 Å². The van der Waals surface area contributed by atoms with Crippen LogP contribution in [0, 0.1) is 0 Å². The van der Waals surface area contributed by atoms with Gasteiger partial charge in [0.05, 0.1) is 19.5 Å². The van der Waals surface area contributed by atoms with Crippen molar-refractivity contribution >= 4 is 21.5 Å². The summed E-state index contributed by atoms with van der Waals surface area (Å²) in [5.74, 6) is 2.01. The molecule has 0 amide bonds. The van der Waals surface area contributed by atoms with Crippen molar-refractivity contribution in [3.8, 4) is 11.5 Å². The summed E-state index contributed by atoms with van der Waals surface area (Å²) in [7, 11) is 0.296. The quantitative estimate of drug-likeness (QED) is 0.423. The van der Waals surface area contributed by atoms with Gasteiger partial charge in [-0.2, -0.15) is 0 Å². The Hall–Kier alpha value is -1.96. The Labute approximate surface area is 138 Å². The van der Waals surface area contributed by atoms with E-state index in [-0.39, 0.29) is 5.75 Å². The van der Waals surface area contributed by atoms with Gasteiger partial charge in [0.15, 0.2) is 17.5 Å². The van der Waals surface area contributed by atoms with Gasteiger partial charge in [-0.15, -0.1) is 0 Å². The second-order valence-electron chi connectivity index (χ2n) is 4.91. The minimum Gasteiger partial charge on any atom is -0.493 e. The number of nitrogens with zero attached hydrogens (tertiary/aromatic N) is 1. The van der Waals surface area contributed by atoms with Crippen LogP contribution in [-0.2, 0) is 9.84 Å². The van der Waals surface area contributed by atoms with Crippen LogP contribution in [0.2, 0.25) is 0 Å². The second kappa shape index (κ2) is 9.24. The molecule has 0 radical (unpaired) electrons. The molecule has 2 N–H and O–H groups in total. The van der Waals surface area contributed by atoms with Crippen LogP contribution < -0.4 is 20.1 Å². The number of methoxy groups -OCH3 is 1. The van der Waals surface area contributed by atoms with E-state index < -0.39 is 9.84 Å². The molecular weight excluding hydrogens is 318 g/mol. The third-order valence-electron chi connectivity index (χ3n) is 2.93. The van der Waals surface area contributed by atoms with Crippen LogP contribution in [0.1, 0.15) is 13.3 Å². The Morgan fingerprint density at radius 3 is 2.61 bits per heavy atom. The first-order valence-corrected chi connectivity index (χ1v) is 9.42. The number of ether oxygens (including phenoxy) is 2. The SMILES string of the molecule is CCOc1ccc(NC(=NC)NCCCS(C)(=O)=O)cc1OC. The van der Waals surface area contributed by atoms with Gasteiger partial charge in [0.25, 0.3) is 0 Å². The summed E-state index contributed by atoms with van der Waals surface area (Å²) in [6.07, 6.45) is 1.75. The average Bonchev–Trinajstić information content (AvgIpc) is 2.50. The maximum Gasteiger partial charge on any atom is 0.195 e. The Morgan fingerprint density at radius 1 is 1.30 bits per heavy atom. The maximum absolute atomic E-state index is 11.1. The Balaban J connectivity index is 2.62. The van der Waals surface area contributed by atoms with E-state index in [2.05, 4.69) is 15.6 Å². The van der Waals surface area contributed by atoms with Crippen molar-refractivity contribution in [2.24, 2.45) is 4.99 Å². The van der Waals surface area contributed by atoms with Crippen molar-refractivity contribution in [3.05, 3.63) is 18.2 Å². The first-order valence-electron chi connectivity index (χ1n) is 7.35. The van der Waals surface area contributed by atoms with Gasteiger partial charge in [0.1, 0.15) is 9.84 Å². The molecule has 0 aliphatic carbocycles. The highest BCUT2D eigenvalue weighted by molar-refractivity contribution is 7.90. The summed E-state index contributed by atoms with van der Waals surface area (Å²) >= 11 is 0. The van der Waals surface area contributed by atoms with Gasteiger partial charge < -0.3 is 20.1 Å². The van der Waals surface area contributed by atoms with Crippen LogP contribution >= 0.6 is 0 Å². The Morgan fingerprint density at radius 2 is 2.04 bits per heavy atom. The number of hydrogen-bond acceptors (Lipinski definition) is 5. The highest BCUT2D eigenvalue weighted by Crippen LogP contribution is 2.30. The van der Waals surface area contributed by atoms with Crippen LogP contribution in [0.5, 0.6) is 11.5 Å². The Bertz CT molecular complexity index is 630. The minimum atomic E-state index is -2.94. The molecule has 0 atom stereocenters. The van der Waals surface area contributed by atoms with E-state index in [4.69, 9.17) is 9.47 Å². The molecule has 0 fully saturated rings. The third kappa shape index (κ3) is 7.23. The van der Waals surface area contributed by atoms with Crippen molar-refractivity contribution in [1.29, 1.82) is 0 Å². The molecule has 0 saturated carbocycles. The summed E-state index contributed by atoms with van der Waals surface area (Å²) in [6.45, 7) is 2.99. The number of hydrogen-bond donors (Lipinski definition) is 2. The number of guanidine groups is 1. The van der Waals surface area contributed by atoms with E-state index in [1.165, 1.54) is 6.26 Å². The fraction of sp³-hybridized carbons (Fsp3) is 0.533. The molecule has 130 valence electrons. The Kier molecular flexibility index (Phi) is 7.67. The molecule has 7 nitrogen and oxygen atoms in total. The molecule has 1 aromatic rings. The predicted octanol–water partition coefficient (Wildman–Crippen LogP) is 1.52. The van der Waals surface area contributed by atoms with Crippen molar-refractivity contribution in [2.75, 3.05) is 44.6 Å². The fourth-order valence-corrected chi connectivity index (χ4v) is 2.55. The average molecular weight is 343 g/mol.